The van der Waals surface area contributed by atoms with Crippen molar-refractivity contribution in [3.05, 3.63) is 0 Å². The van der Waals surface area contributed by atoms with E-state index in [2.05, 4.69) is 9.13 Å². The first-order chi connectivity index (χ1) is 5.79. The van der Waals surface area contributed by atoms with Crippen molar-refractivity contribution in [3.8, 4) is 0 Å². The molecule has 0 saturated heterocycles. The predicted octanol–water partition coefficient (Wildman–Crippen LogP) is 1.08. The summed E-state index contributed by atoms with van der Waals surface area (Å²) in [5.74, 6) is -0.544. The second-order valence-electron chi connectivity index (χ2n) is 3.53. The second kappa shape index (κ2) is 4.50. The molecule has 0 spiro atoms. The Bertz CT molecular complexity index is 253. The van der Waals surface area contributed by atoms with Crippen molar-refractivity contribution in [1.82, 2.24) is 0 Å². The van der Waals surface area contributed by atoms with E-state index < -0.39 is 21.7 Å². The average molecular weight is 205 g/mol. The van der Waals surface area contributed by atoms with E-state index in [0.29, 0.717) is 0 Å². The van der Waals surface area contributed by atoms with Gasteiger partial charge in [-0.05, 0) is 27.7 Å². The molecule has 0 aromatic rings. The lowest BCUT2D eigenvalue weighted by Gasteiger charge is -2.13. The molecule has 13 heavy (non-hydrogen) atoms. The molecule has 5 heteroatoms. The van der Waals surface area contributed by atoms with Gasteiger partial charge in [0, 0.05) is 0 Å². The smallest absolute Gasteiger partial charge is 0.352 e. The first kappa shape index (κ1) is 12.3. The third-order valence-electron chi connectivity index (χ3n) is 1.22. The fourth-order valence-electron chi connectivity index (χ4n) is 0.446. The van der Waals surface area contributed by atoms with Crippen molar-refractivity contribution < 1.29 is 13.7 Å². The van der Waals surface area contributed by atoms with Gasteiger partial charge < -0.3 is 4.74 Å². The van der Waals surface area contributed by atoms with Gasteiger partial charge in [-0.2, -0.15) is 4.40 Å². The molecule has 0 heterocycles. The Hall–Kier alpha value is -0.710. The van der Waals surface area contributed by atoms with Gasteiger partial charge in [0.25, 0.3) is 0 Å². The minimum atomic E-state index is -1.40. The maximum atomic E-state index is 11.4. The Morgan fingerprint density at radius 1 is 1.38 bits per heavy atom. The minimum absolute atomic E-state index is 0.135. The molecular formula is C8H15NO3S. The summed E-state index contributed by atoms with van der Waals surface area (Å²) in [7, 11) is -0.137. The maximum Gasteiger partial charge on any atom is 0.352 e. The van der Waals surface area contributed by atoms with Gasteiger partial charge in [0.1, 0.15) is 16.7 Å². The zero-order chi connectivity index (χ0) is 10.6. The Balaban J connectivity index is 4.59. The van der Waals surface area contributed by atoms with Crippen molar-refractivity contribution in [3.63, 3.8) is 0 Å². The Labute approximate surface area is 81.0 Å². The van der Waals surface area contributed by atoms with Gasteiger partial charge in [-0.15, -0.1) is 0 Å². The molecule has 0 N–H and O–H groups in total. The van der Waals surface area contributed by atoms with Crippen LogP contribution >= 0.6 is 0 Å². The Morgan fingerprint density at radius 3 is 2.15 bits per heavy atom. The van der Waals surface area contributed by atoms with E-state index in [0.717, 1.165) is 0 Å². The van der Waals surface area contributed by atoms with E-state index in [9.17, 15) is 9.00 Å². The van der Waals surface area contributed by atoms with Crippen LogP contribution in [0, 0.1) is 0 Å². The second-order valence-corrected chi connectivity index (χ2v) is 5.44. The van der Waals surface area contributed by atoms with Crippen LogP contribution < -0.4 is 0 Å². The third kappa shape index (κ3) is 4.17. The summed E-state index contributed by atoms with van der Waals surface area (Å²) in [5, 5.41) is 0. The lowest BCUT2D eigenvalue weighted by atomic mass is 10.3. The number of nitrogens with zero attached hydrogens (tertiary/aromatic N) is 1. The molecule has 0 radical (unpaired) electrons. The molecule has 0 rings (SSSR count). The Kier molecular flexibility index (Phi) is 4.26. The first-order valence-corrected chi connectivity index (χ1v) is 4.95. The van der Waals surface area contributed by atoms with Crippen LogP contribution in [0.2, 0.25) is 0 Å². The molecule has 0 aliphatic heterocycles. The zero-order valence-corrected chi connectivity index (χ0v) is 9.40. The third-order valence-corrected chi connectivity index (χ3v) is 2.71. The summed E-state index contributed by atoms with van der Waals surface area (Å²) < 4.78 is 19.1. The standard InChI is InChI=1S/C8H15NO3S/c1-6(7(10)12-5)9-13(11)8(2,3)4/h1-5H3/b9-6+/t13-/m0/s1. The van der Waals surface area contributed by atoms with Crippen LogP contribution in [0.3, 0.4) is 0 Å². The van der Waals surface area contributed by atoms with Crippen molar-refractivity contribution in [2.75, 3.05) is 7.11 Å². The highest BCUT2D eigenvalue weighted by Gasteiger charge is 2.20. The lowest BCUT2D eigenvalue weighted by Crippen LogP contribution is -2.22. The summed E-state index contributed by atoms with van der Waals surface area (Å²) in [6, 6.07) is 0. The summed E-state index contributed by atoms with van der Waals surface area (Å²) in [4.78, 5) is 10.9. The first-order valence-electron chi connectivity index (χ1n) is 3.84. The molecule has 1 atom stereocenters. The van der Waals surface area contributed by atoms with Gasteiger partial charge in [0.15, 0.2) is 0 Å². The van der Waals surface area contributed by atoms with Gasteiger partial charge in [-0.1, -0.05) is 0 Å². The van der Waals surface area contributed by atoms with E-state index in [-0.39, 0.29) is 5.71 Å². The van der Waals surface area contributed by atoms with Crippen LogP contribution in [0.4, 0.5) is 0 Å². The minimum Gasteiger partial charge on any atom is -0.465 e. The number of esters is 1. The molecule has 0 fully saturated rings. The quantitative estimate of drug-likeness (QED) is 0.500. The molecular weight excluding hydrogens is 190 g/mol. The maximum absolute atomic E-state index is 11.4. The SMILES string of the molecule is COC(=O)/C(C)=N/[S@@](=O)C(C)(C)C. The van der Waals surface area contributed by atoms with Gasteiger partial charge in [0.05, 0.1) is 11.9 Å². The van der Waals surface area contributed by atoms with Crippen LogP contribution in [0.15, 0.2) is 4.40 Å². The number of carbonyl (C=O) groups is 1. The van der Waals surface area contributed by atoms with Gasteiger partial charge in [0.2, 0.25) is 0 Å². The predicted molar refractivity (Wildman–Crippen MR) is 53.0 cm³/mol. The topological polar surface area (TPSA) is 55.7 Å². The van der Waals surface area contributed by atoms with Gasteiger partial charge in [-0.25, -0.2) is 9.00 Å². The zero-order valence-electron chi connectivity index (χ0n) is 8.58. The lowest BCUT2D eigenvalue weighted by molar-refractivity contribution is -0.132. The van der Waals surface area contributed by atoms with Crippen LogP contribution in [0.1, 0.15) is 27.7 Å². The number of carbonyl (C=O) groups excluding carboxylic acids is 1. The van der Waals surface area contributed by atoms with Crippen molar-refractivity contribution in [2.24, 2.45) is 4.40 Å². The van der Waals surface area contributed by atoms with Crippen LogP contribution in [0.5, 0.6) is 0 Å². The fraction of sp³-hybridized carbons (Fsp3) is 0.750. The van der Waals surface area contributed by atoms with E-state index in [1.165, 1.54) is 14.0 Å². The monoisotopic (exact) mass is 205 g/mol. The molecule has 0 saturated carbocycles. The summed E-state index contributed by atoms with van der Waals surface area (Å²) in [6.45, 7) is 6.85. The highest BCUT2D eigenvalue weighted by atomic mass is 32.2. The number of hydrogen-bond donors (Lipinski definition) is 0. The molecule has 4 nitrogen and oxygen atoms in total. The molecule has 0 aromatic heterocycles. The normalized spacial score (nSPS) is 15.3. The van der Waals surface area contributed by atoms with Crippen LogP contribution in [-0.4, -0.2) is 27.7 Å². The highest BCUT2D eigenvalue weighted by molar-refractivity contribution is 7.85. The number of hydrogen-bond acceptors (Lipinski definition) is 3. The molecule has 76 valence electrons. The number of rotatable bonds is 2. The van der Waals surface area contributed by atoms with Gasteiger partial charge >= 0.3 is 5.97 Å². The summed E-state index contributed by atoms with van der Waals surface area (Å²) in [6.07, 6.45) is 0. The van der Waals surface area contributed by atoms with Crippen molar-refractivity contribution in [2.45, 2.75) is 32.4 Å². The molecule has 0 aliphatic carbocycles. The molecule has 0 aromatic carbocycles. The fourth-order valence-corrected chi connectivity index (χ4v) is 1.04. The highest BCUT2D eigenvalue weighted by Crippen LogP contribution is 2.12. The van der Waals surface area contributed by atoms with E-state index in [1.54, 1.807) is 20.8 Å². The van der Waals surface area contributed by atoms with Crippen LogP contribution in [-0.2, 0) is 20.5 Å². The number of ether oxygens (including phenoxy) is 1. The average Bonchev–Trinajstić information content (AvgIpc) is 2.01. The largest absolute Gasteiger partial charge is 0.465 e. The van der Waals surface area contributed by atoms with Crippen molar-refractivity contribution >= 4 is 22.7 Å². The molecule has 0 amide bonds. The van der Waals surface area contributed by atoms with Crippen LogP contribution in [0.25, 0.3) is 0 Å². The van der Waals surface area contributed by atoms with E-state index in [1.807, 2.05) is 0 Å². The Morgan fingerprint density at radius 2 is 1.85 bits per heavy atom. The van der Waals surface area contributed by atoms with E-state index in [4.69, 9.17) is 0 Å². The molecule has 0 unspecified atom stereocenters. The summed E-state index contributed by atoms with van der Waals surface area (Å²) >= 11 is 0. The molecule has 0 aliphatic rings. The van der Waals surface area contributed by atoms with Gasteiger partial charge in [-0.3, -0.25) is 0 Å². The summed E-state index contributed by atoms with van der Waals surface area (Å²) in [5.41, 5.74) is 0.135. The number of methoxy groups -OCH3 is 1. The molecule has 0 bridgehead atoms. The van der Waals surface area contributed by atoms with Crippen molar-refractivity contribution in [1.29, 1.82) is 0 Å². The van der Waals surface area contributed by atoms with E-state index >= 15 is 0 Å².